The van der Waals surface area contributed by atoms with Crippen molar-refractivity contribution < 1.29 is 4.79 Å². The van der Waals surface area contributed by atoms with Crippen molar-refractivity contribution in [2.45, 2.75) is 20.4 Å². The maximum absolute atomic E-state index is 13.1. The molecule has 1 N–H and O–H groups in total. The van der Waals surface area contributed by atoms with Gasteiger partial charge in [-0.15, -0.1) is 0 Å². The molecule has 3 aromatic carbocycles. The molecule has 0 radical (unpaired) electrons. The Kier molecular flexibility index (Phi) is 5.00. The predicted molar refractivity (Wildman–Crippen MR) is 118 cm³/mol. The summed E-state index contributed by atoms with van der Waals surface area (Å²) in [6.45, 7) is 4.11. The highest BCUT2D eigenvalue weighted by Gasteiger charge is 2.13. The molecule has 0 bridgehead atoms. The van der Waals surface area contributed by atoms with Crippen molar-refractivity contribution in [2.24, 2.45) is 0 Å². The molecule has 1 amide bonds. The van der Waals surface area contributed by atoms with E-state index in [2.05, 4.69) is 5.32 Å². The van der Waals surface area contributed by atoms with E-state index >= 15 is 0 Å². The van der Waals surface area contributed by atoms with Crippen LogP contribution in [0.4, 0.5) is 5.69 Å². The van der Waals surface area contributed by atoms with Gasteiger partial charge >= 0.3 is 0 Å². The van der Waals surface area contributed by atoms with Gasteiger partial charge in [0.2, 0.25) is 5.91 Å². The van der Waals surface area contributed by atoms with Gasteiger partial charge in [-0.3, -0.25) is 9.59 Å². The number of hydrogen-bond acceptors (Lipinski definition) is 2. The van der Waals surface area contributed by atoms with Crippen LogP contribution in [0.3, 0.4) is 0 Å². The van der Waals surface area contributed by atoms with E-state index in [0.29, 0.717) is 10.9 Å². The van der Waals surface area contributed by atoms with E-state index in [1.54, 1.807) is 6.20 Å². The molecule has 29 heavy (non-hydrogen) atoms. The number of nitrogens with zero attached hydrogens (tertiary/aromatic N) is 1. The van der Waals surface area contributed by atoms with Crippen molar-refractivity contribution in [3.8, 4) is 11.1 Å². The Labute approximate surface area is 169 Å². The van der Waals surface area contributed by atoms with Crippen LogP contribution in [0.25, 0.3) is 22.0 Å². The van der Waals surface area contributed by atoms with Gasteiger partial charge in [-0.2, -0.15) is 0 Å². The lowest BCUT2D eigenvalue weighted by atomic mass is 10.0. The lowest BCUT2D eigenvalue weighted by Crippen LogP contribution is -2.21. The number of aryl methyl sites for hydroxylation is 2. The number of benzene rings is 3. The number of anilines is 1. The average molecular weight is 382 g/mol. The SMILES string of the molecule is Cc1ccc(-c2cn(CC(=O)Nc3ccccc3)c3cc(C)ccc3c2=O)cc1. The molecule has 0 atom stereocenters. The lowest BCUT2D eigenvalue weighted by molar-refractivity contribution is -0.116. The molecular weight excluding hydrogens is 360 g/mol. The van der Waals surface area contributed by atoms with E-state index < -0.39 is 0 Å². The monoisotopic (exact) mass is 382 g/mol. The largest absolute Gasteiger partial charge is 0.337 e. The van der Waals surface area contributed by atoms with E-state index in [0.717, 1.165) is 27.9 Å². The second kappa shape index (κ2) is 7.76. The van der Waals surface area contributed by atoms with E-state index in [1.165, 1.54) is 0 Å². The third kappa shape index (κ3) is 3.97. The number of carbonyl (C=O) groups excluding carboxylic acids is 1. The van der Waals surface area contributed by atoms with Gasteiger partial charge in [0.05, 0.1) is 5.52 Å². The molecule has 4 nitrogen and oxygen atoms in total. The zero-order valence-electron chi connectivity index (χ0n) is 16.5. The number of rotatable bonds is 4. The van der Waals surface area contributed by atoms with Crippen LogP contribution in [0.1, 0.15) is 11.1 Å². The second-order valence-electron chi connectivity index (χ2n) is 7.30. The van der Waals surface area contributed by atoms with Gasteiger partial charge in [0.25, 0.3) is 0 Å². The van der Waals surface area contributed by atoms with Crippen LogP contribution in [0, 0.1) is 13.8 Å². The van der Waals surface area contributed by atoms with Gasteiger partial charge in [-0.1, -0.05) is 54.1 Å². The molecule has 0 saturated carbocycles. The summed E-state index contributed by atoms with van der Waals surface area (Å²) in [7, 11) is 0. The molecule has 144 valence electrons. The molecular formula is C25H22N2O2. The molecule has 4 aromatic rings. The molecule has 0 aliphatic rings. The van der Waals surface area contributed by atoms with E-state index in [1.807, 2.05) is 91.2 Å². The molecule has 0 spiro atoms. The quantitative estimate of drug-likeness (QED) is 0.544. The molecule has 0 fully saturated rings. The standard InChI is InChI=1S/C25H22N2O2/c1-17-8-11-19(12-9-17)22-15-27(16-24(28)26-20-6-4-3-5-7-20)23-14-18(2)10-13-21(23)25(22)29/h3-15H,16H2,1-2H3,(H,26,28). The normalized spacial score (nSPS) is 10.8. The van der Waals surface area contributed by atoms with Gasteiger partial charge in [0, 0.05) is 22.8 Å². The Morgan fingerprint density at radius 3 is 2.31 bits per heavy atom. The number of hydrogen-bond donors (Lipinski definition) is 1. The highest BCUT2D eigenvalue weighted by atomic mass is 16.2. The number of nitrogens with one attached hydrogen (secondary N) is 1. The van der Waals surface area contributed by atoms with Gasteiger partial charge in [-0.05, 0) is 49.2 Å². The first-order valence-corrected chi connectivity index (χ1v) is 9.57. The first-order valence-electron chi connectivity index (χ1n) is 9.57. The molecule has 0 saturated heterocycles. The van der Waals surface area contributed by atoms with Crippen LogP contribution in [0.15, 0.2) is 83.8 Å². The van der Waals surface area contributed by atoms with Crippen LogP contribution in [0.5, 0.6) is 0 Å². The summed E-state index contributed by atoms with van der Waals surface area (Å²) in [6.07, 6.45) is 1.79. The number of amides is 1. The maximum Gasteiger partial charge on any atom is 0.244 e. The van der Waals surface area contributed by atoms with Crippen molar-refractivity contribution in [2.75, 3.05) is 5.32 Å². The number of carbonyl (C=O) groups is 1. The Balaban J connectivity index is 1.80. The minimum Gasteiger partial charge on any atom is -0.337 e. The van der Waals surface area contributed by atoms with Crippen molar-refractivity contribution in [1.29, 1.82) is 0 Å². The van der Waals surface area contributed by atoms with E-state index in [-0.39, 0.29) is 17.9 Å². The van der Waals surface area contributed by atoms with Crippen molar-refractivity contribution in [3.05, 3.63) is 100 Å². The summed E-state index contributed by atoms with van der Waals surface area (Å²) in [5, 5.41) is 3.53. The summed E-state index contributed by atoms with van der Waals surface area (Å²) in [6, 6.07) is 22.9. The molecule has 1 heterocycles. The second-order valence-corrected chi connectivity index (χ2v) is 7.30. The molecule has 4 heteroatoms. The molecule has 0 aliphatic carbocycles. The summed E-state index contributed by atoms with van der Waals surface area (Å²) < 4.78 is 1.86. The highest BCUT2D eigenvalue weighted by Crippen LogP contribution is 2.21. The highest BCUT2D eigenvalue weighted by molar-refractivity contribution is 5.92. The minimum atomic E-state index is -0.141. The fourth-order valence-electron chi connectivity index (χ4n) is 3.45. The summed E-state index contributed by atoms with van der Waals surface area (Å²) in [4.78, 5) is 25.8. The molecule has 1 aromatic heterocycles. The van der Waals surface area contributed by atoms with Gasteiger partial charge in [-0.25, -0.2) is 0 Å². The minimum absolute atomic E-state index is 0.0245. The Morgan fingerprint density at radius 1 is 0.897 bits per heavy atom. The fourth-order valence-corrected chi connectivity index (χ4v) is 3.45. The lowest BCUT2D eigenvalue weighted by Gasteiger charge is -2.14. The van der Waals surface area contributed by atoms with Gasteiger partial charge < -0.3 is 9.88 Å². The first-order chi connectivity index (χ1) is 14.0. The topological polar surface area (TPSA) is 51.1 Å². The zero-order chi connectivity index (χ0) is 20.4. The zero-order valence-corrected chi connectivity index (χ0v) is 16.5. The number of para-hydroxylation sites is 1. The first kappa shape index (κ1) is 18.7. The van der Waals surface area contributed by atoms with Crippen LogP contribution in [-0.4, -0.2) is 10.5 Å². The van der Waals surface area contributed by atoms with Crippen LogP contribution in [0.2, 0.25) is 0 Å². The van der Waals surface area contributed by atoms with Crippen molar-refractivity contribution >= 4 is 22.5 Å². The summed E-state index contributed by atoms with van der Waals surface area (Å²) in [5.41, 5.74) is 5.09. The fraction of sp³-hybridized carbons (Fsp3) is 0.120. The maximum atomic E-state index is 13.1. The summed E-state index contributed by atoms with van der Waals surface area (Å²) >= 11 is 0. The average Bonchev–Trinajstić information content (AvgIpc) is 2.71. The van der Waals surface area contributed by atoms with Gasteiger partial charge in [0.15, 0.2) is 5.43 Å². The Hall–Kier alpha value is -3.66. The van der Waals surface area contributed by atoms with Crippen molar-refractivity contribution in [1.82, 2.24) is 4.57 Å². The number of fused-ring (bicyclic) bond motifs is 1. The summed E-state index contributed by atoms with van der Waals surface area (Å²) in [5.74, 6) is -0.141. The smallest absolute Gasteiger partial charge is 0.244 e. The number of pyridine rings is 1. The molecule has 0 aliphatic heterocycles. The Bertz CT molecular complexity index is 1240. The third-order valence-electron chi connectivity index (χ3n) is 4.97. The predicted octanol–water partition coefficient (Wildman–Crippen LogP) is 4.92. The molecule has 0 unspecified atom stereocenters. The Morgan fingerprint density at radius 2 is 1.59 bits per heavy atom. The third-order valence-corrected chi connectivity index (χ3v) is 4.97. The van der Waals surface area contributed by atoms with Crippen LogP contribution in [-0.2, 0) is 11.3 Å². The van der Waals surface area contributed by atoms with E-state index in [9.17, 15) is 9.59 Å². The van der Waals surface area contributed by atoms with E-state index in [4.69, 9.17) is 0 Å². The van der Waals surface area contributed by atoms with Crippen molar-refractivity contribution in [3.63, 3.8) is 0 Å². The number of aromatic nitrogens is 1. The van der Waals surface area contributed by atoms with Crippen LogP contribution < -0.4 is 10.7 Å². The van der Waals surface area contributed by atoms with Gasteiger partial charge in [0.1, 0.15) is 6.54 Å². The molecule has 4 rings (SSSR count). The van der Waals surface area contributed by atoms with Crippen LogP contribution >= 0.6 is 0 Å².